The quantitative estimate of drug-likeness (QED) is 0.869. The van der Waals surface area contributed by atoms with E-state index in [1.807, 2.05) is 38.2 Å². The fraction of sp³-hybridized carbons (Fsp3) is 0.250. The number of carbonyl (C=O) groups is 1. The summed E-state index contributed by atoms with van der Waals surface area (Å²) in [4.78, 5) is 20.9. The molecule has 0 saturated carbocycles. The molecule has 0 aliphatic carbocycles. The van der Waals surface area contributed by atoms with Crippen molar-refractivity contribution in [1.29, 1.82) is 0 Å². The van der Waals surface area contributed by atoms with Crippen molar-refractivity contribution < 1.29 is 4.79 Å². The number of rotatable bonds is 1. The Kier molecular flexibility index (Phi) is 3.25. The van der Waals surface area contributed by atoms with Gasteiger partial charge in [0.15, 0.2) is 0 Å². The number of carbonyl (C=O) groups excluding carboxylic acids is 1. The Balaban J connectivity index is 2.01. The monoisotopic (exact) mass is 282 g/mol. The summed E-state index contributed by atoms with van der Waals surface area (Å²) in [5.41, 5.74) is 9.69. The maximum Gasteiger partial charge on any atom is 0.262 e. The van der Waals surface area contributed by atoms with E-state index in [2.05, 4.69) is 9.88 Å². The first kappa shape index (κ1) is 13.4. The SMILES string of the molecule is Cc1cc(N)c(C(=O)N2CCN(C)c3ccccc32)cn1. The van der Waals surface area contributed by atoms with E-state index in [4.69, 9.17) is 5.73 Å². The van der Waals surface area contributed by atoms with Crippen LogP contribution in [0.1, 0.15) is 16.1 Å². The minimum atomic E-state index is -0.0967. The van der Waals surface area contributed by atoms with Crippen LogP contribution in [0.3, 0.4) is 0 Å². The van der Waals surface area contributed by atoms with Crippen LogP contribution in [0.2, 0.25) is 0 Å². The number of fused-ring (bicyclic) bond motifs is 1. The number of benzene rings is 1. The number of aromatic nitrogens is 1. The van der Waals surface area contributed by atoms with Crippen LogP contribution < -0.4 is 15.5 Å². The number of anilines is 3. The van der Waals surface area contributed by atoms with Crippen molar-refractivity contribution in [2.45, 2.75) is 6.92 Å². The average molecular weight is 282 g/mol. The molecule has 1 aliphatic heterocycles. The topological polar surface area (TPSA) is 62.5 Å². The number of para-hydroxylation sites is 2. The van der Waals surface area contributed by atoms with Crippen LogP contribution in [0.4, 0.5) is 17.1 Å². The number of hydrogen-bond acceptors (Lipinski definition) is 4. The molecule has 5 heteroatoms. The molecule has 0 radical (unpaired) electrons. The summed E-state index contributed by atoms with van der Waals surface area (Å²) < 4.78 is 0. The molecule has 0 saturated heterocycles. The van der Waals surface area contributed by atoms with Gasteiger partial charge < -0.3 is 15.5 Å². The van der Waals surface area contributed by atoms with Crippen molar-refractivity contribution in [3.63, 3.8) is 0 Å². The molecule has 0 unspecified atom stereocenters. The Morgan fingerprint density at radius 2 is 1.95 bits per heavy atom. The molecule has 0 spiro atoms. The van der Waals surface area contributed by atoms with Gasteiger partial charge in [0.25, 0.3) is 5.91 Å². The highest BCUT2D eigenvalue weighted by Gasteiger charge is 2.26. The summed E-state index contributed by atoms with van der Waals surface area (Å²) in [6, 6.07) is 9.63. The van der Waals surface area contributed by atoms with Gasteiger partial charge in [-0.25, -0.2) is 0 Å². The smallest absolute Gasteiger partial charge is 0.262 e. The zero-order valence-electron chi connectivity index (χ0n) is 12.2. The van der Waals surface area contributed by atoms with E-state index in [-0.39, 0.29) is 5.91 Å². The van der Waals surface area contributed by atoms with Gasteiger partial charge in [-0.05, 0) is 25.1 Å². The molecule has 1 aromatic heterocycles. The van der Waals surface area contributed by atoms with Gasteiger partial charge in [-0.2, -0.15) is 0 Å². The Bertz CT molecular complexity index is 698. The largest absolute Gasteiger partial charge is 0.398 e. The summed E-state index contributed by atoms with van der Waals surface area (Å²) in [7, 11) is 2.03. The number of likely N-dealkylation sites (N-methyl/N-ethyl adjacent to an activating group) is 1. The van der Waals surface area contributed by atoms with E-state index in [1.54, 1.807) is 17.2 Å². The summed E-state index contributed by atoms with van der Waals surface area (Å²) in [6.45, 7) is 3.29. The molecule has 0 fully saturated rings. The Morgan fingerprint density at radius 1 is 1.24 bits per heavy atom. The molecule has 108 valence electrons. The molecule has 3 rings (SSSR count). The first-order valence-electron chi connectivity index (χ1n) is 6.92. The number of amides is 1. The predicted molar refractivity (Wildman–Crippen MR) is 84.8 cm³/mol. The highest BCUT2D eigenvalue weighted by molar-refractivity contribution is 6.11. The van der Waals surface area contributed by atoms with E-state index in [0.717, 1.165) is 23.6 Å². The van der Waals surface area contributed by atoms with Gasteiger partial charge in [0.1, 0.15) is 0 Å². The van der Waals surface area contributed by atoms with Crippen LogP contribution >= 0.6 is 0 Å². The lowest BCUT2D eigenvalue weighted by Crippen LogP contribution is -2.42. The lowest BCUT2D eigenvalue weighted by molar-refractivity contribution is 0.0987. The first-order valence-corrected chi connectivity index (χ1v) is 6.92. The second-order valence-corrected chi connectivity index (χ2v) is 5.28. The third-order valence-electron chi connectivity index (χ3n) is 3.79. The molecule has 5 nitrogen and oxygen atoms in total. The van der Waals surface area contributed by atoms with Gasteiger partial charge >= 0.3 is 0 Å². The standard InChI is InChI=1S/C16H18N4O/c1-11-9-13(17)12(10-18-11)16(21)20-8-7-19(2)14-5-3-4-6-15(14)20/h3-6,9-10H,7-8H2,1-2H3,(H2,17,18). The highest BCUT2D eigenvalue weighted by Crippen LogP contribution is 2.33. The van der Waals surface area contributed by atoms with Gasteiger partial charge in [-0.1, -0.05) is 12.1 Å². The number of nitrogens with two attached hydrogens (primary N) is 1. The van der Waals surface area contributed by atoms with Gasteiger partial charge in [-0.3, -0.25) is 9.78 Å². The predicted octanol–water partition coefficient (Wildman–Crippen LogP) is 2.07. The highest BCUT2D eigenvalue weighted by atomic mass is 16.2. The van der Waals surface area contributed by atoms with Crippen molar-refractivity contribution in [2.75, 3.05) is 35.7 Å². The minimum absolute atomic E-state index is 0.0967. The van der Waals surface area contributed by atoms with E-state index in [1.165, 1.54) is 0 Å². The maximum atomic E-state index is 12.8. The summed E-state index contributed by atoms with van der Waals surface area (Å²) >= 11 is 0. The van der Waals surface area contributed by atoms with Gasteiger partial charge in [-0.15, -0.1) is 0 Å². The summed E-state index contributed by atoms with van der Waals surface area (Å²) in [5.74, 6) is -0.0967. The van der Waals surface area contributed by atoms with Gasteiger partial charge in [0.2, 0.25) is 0 Å². The van der Waals surface area contributed by atoms with Crippen molar-refractivity contribution in [2.24, 2.45) is 0 Å². The van der Waals surface area contributed by atoms with Gasteiger partial charge in [0, 0.05) is 37.7 Å². The number of nitrogens with zero attached hydrogens (tertiary/aromatic N) is 3. The molecular weight excluding hydrogens is 264 g/mol. The van der Waals surface area contributed by atoms with Crippen molar-refractivity contribution >= 4 is 23.0 Å². The van der Waals surface area contributed by atoms with Crippen LogP contribution in [0, 0.1) is 6.92 Å². The molecule has 0 atom stereocenters. The Morgan fingerprint density at radius 3 is 2.67 bits per heavy atom. The number of nitrogen functional groups attached to an aromatic ring is 1. The molecule has 1 aliphatic rings. The summed E-state index contributed by atoms with van der Waals surface area (Å²) in [5, 5.41) is 0. The number of aryl methyl sites for hydroxylation is 1. The van der Waals surface area contributed by atoms with Crippen LogP contribution in [-0.2, 0) is 0 Å². The molecule has 1 aromatic carbocycles. The fourth-order valence-electron chi connectivity index (χ4n) is 2.62. The Labute approximate surface area is 124 Å². The van der Waals surface area contributed by atoms with Crippen molar-refractivity contribution in [3.8, 4) is 0 Å². The van der Waals surface area contributed by atoms with Gasteiger partial charge in [0.05, 0.1) is 16.9 Å². The lowest BCUT2D eigenvalue weighted by atomic mass is 10.1. The fourth-order valence-corrected chi connectivity index (χ4v) is 2.62. The third kappa shape index (κ3) is 2.31. The van der Waals surface area contributed by atoms with E-state index >= 15 is 0 Å². The normalized spacial score (nSPS) is 14.0. The molecule has 2 aromatic rings. The average Bonchev–Trinajstić information content (AvgIpc) is 2.47. The molecule has 2 N–H and O–H groups in total. The van der Waals surface area contributed by atoms with Crippen molar-refractivity contribution in [1.82, 2.24) is 4.98 Å². The minimum Gasteiger partial charge on any atom is -0.398 e. The number of pyridine rings is 1. The molecule has 2 heterocycles. The van der Waals surface area contributed by atoms with E-state index in [9.17, 15) is 4.79 Å². The maximum absolute atomic E-state index is 12.8. The summed E-state index contributed by atoms with van der Waals surface area (Å²) in [6.07, 6.45) is 1.56. The van der Waals surface area contributed by atoms with E-state index in [0.29, 0.717) is 17.8 Å². The molecular formula is C16H18N4O. The van der Waals surface area contributed by atoms with E-state index < -0.39 is 0 Å². The zero-order valence-corrected chi connectivity index (χ0v) is 12.2. The second-order valence-electron chi connectivity index (χ2n) is 5.28. The van der Waals surface area contributed by atoms with Crippen LogP contribution in [0.5, 0.6) is 0 Å². The Hall–Kier alpha value is -2.56. The van der Waals surface area contributed by atoms with Crippen molar-refractivity contribution in [3.05, 3.63) is 47.8 Å². The second kappa shape index (κ2) is 5.09. The molecule has 21 heavy (non-hydrogen) atoms. The van der Waals surface area contributed by atoms with Crippen LogP contribution in [0.15, 0.2) is 36.5 Å². The third-order valence-corrected chi connectivity index (χ3v) is 3.79. The molecule has 1 amide bonds. The first-order chi connectivity index (χ1) is 10.1. The zero-order chi connectivity index (χ0) is 15.0. The van der Waals surface area contributed by atoms with Crippen LogP contribution in [0.25, 0.3) is 0 Å². The lowest BCUT2D eigenvalue weighted by Gasteiger charge is -2.35. The van der Waals surface area contributed by atoms with Crippen LogP contribution in [-0.4, -0.2) is 31.0 Å². The number of hydrogen-bond donors (Lipinski definition) is 1. The molecule has 0 bridgehead atoms.